The van der Waals surface area contributed by atoms with Gasteiger partial charge in [-0.1, -0.05) is 12.1 Å². The molecule has 0 saturated carbocycles. The summed E-state index contributed by atoms with van der Waals surface area (Å²) in [5, 5.41) is 33.0. The van der Waals surface area contributed by atoms with E-state index in [0.717, 1.165) is 16.7 Å². The molecule has 0 unspecified atom stereocenters. The second-order valence-corrected chi connectivity index (χ2v) is 6.61. The van der Waals surface area contributed by atoms with E-state index in [1.165, 1.54) is 16.8 Å². The lowest BCUT2D eigenvalue weighted by Crippen LogP contribution is -1.99. The molecule has 0 radical (unpaired) electrons. The number of nitrogen functional groups attached to an aromatic ring is 1. The predicted octanol–water partition coefficient (Wildman–Crippen LogP) is 1.86. The van der Waals surface area contributed by atoms with Gasteiger partial charge in [-0.3, -0.25) is 10.1 Å². The molecule has 154 valence electrons. The molecule has 2 N–H and O–H groups in total. The van der Waals surface area contributed by atoms with E-state index in [2.05, 4.69) is 31.1 Å². The summed E-state index contributed by atoms with van der Waals surface area (Å²) in [5.41, 5.74) is 10.0. The van der Waals surface area contributed by atoms with E-state index >= 15 is 0 Å². The SMILES string of the molecule is Cc1cc(-c2nnnn2C)cc([N+](=O)[O-])c1.Cc1cccc(N)c1-c1nnnn1C. The van der Waals surface area contributed by atoms with Gasteiger partial charge in [0.05, 0.1) is 4.92 Å². The molecule has 0 aliphatic carbocycles. The molecular weight excluding hydrogens is 388 g/mol. The van der Waals surface area contributed by atoms with Crippen molar-refractivity contribution in [2.75, 3.05) is 5.73 Å². The summed E-state index contributed by atoms with van der Waals surface area (Å²) in [7, 11) is 3.48. The standard InChI is InChI=1S/C9H9N5O2.C9H11N5/c1-6-3-7(5-8(4-6)14(15)16)9-10-11-12-13(9)2;1-6-4-3-5-7(10)8(6)9-11-12-13-14(9)2/h3-5H,1-2H3;3-5H,10H2,1-2H3. The van der Waals surface area contributed by atoms with Gasteiger partial charge in [0.1, 0.15) is 0 Å². The van der Waals surface area contributed by atoms with Crippen molar-refractivity contribution in [3.63, 3.8) is 0 Å². The molecule has 0 spiro atoms. The van der Waals surface area contributed by atoms with Crippen LogP contribution in [0.2, 0.25) is 0 Å². The van der Waals surface area contributed by atoms with Crippen LogP contribution < -0.4 is 5.73 Å². The van der Waals surface area contributed by atoms with Crippen molar-refractivity contribution in [1.29, 1.82) is 0 Å². The van der Waals surface area contributed by atoms with Gasteiger partial charge in [-0.05, 0) is 58.0 Å². The molecule has 2 heterocycles. The fourth-order valence-electron chi connectivity index (χ4n) is 2.91. The quantitative estimate of drug-likeness (QED) is 0.303. The Morgan fingerprint density at radius 3 is 2.13 bits per heavy atom. The van der Waals surface area contributed by atoms with Gasteiger partial charge in [-0.25, -0.2) is 9.36 Å². The smallest absolute Gasteiger partial charge is 0.270 e. The summed E-state index contributed by atoms with van der Waals surface area (Å²) in [6, 6.07) is 10.5. The number of nitrogens with two attached hydrogens (primary N) is 1. The van der Waals surface area contributed by atoms with E-state index in [1.807, 2.05) is 25.1 Å². The Hall–Kier alpha value is -4.22. The van der Waals surface area contributed by atoms with Gasteiger partial charge < -0.3 is 5.73 Å². The number of tetrazole rings is 2. The monoisotopic (exact) mass is 408 g/mol. The number of nitrogens with zero attached hydrogens (tertiary/aromatic N) is 9. The zero-order valence-corrected chi connectivity index (χ0v) is 16.9. The Labute approximate surface area is 171 Å². The molecule has 0 fully saturated rings. The second-order valence-electron chi connectivity index (χ2n) is 6.61. The summed E-state index contributed by atoms with van der Waals surface area (Å²) in [4.78, 5) is 10.3. The number of nitro benzene ring substituents is 1. The Kier molecular flexibility index (Phi) is 5.76. The van der Waals surface area contributed by atoms with Gasteiger partial charge in [0.2, 0.25) is 0 Å². The van der Waals surface area contributed by atoms with Crippen molar-refractivity contribution < 1.29 is 4.92 Å². The first-order chi connectivity index (χ1) is 14.3. The van der Waals surface area contributed by atoms with Crippen LogP contribution in [0.3, 0.4) is 0 Å². The number of benzene rings is 2. The third kappa shape index (κ3) is 4.27. The lowest BCUT2D eigenvalue weighted by Gasteiger charge is -2.06. The Balaban J connectivity index is 0.000000172. The van der Waals surface area contributed by atoms with Crippen LogP contribution in [-0.2, 0) is 14.1 Å². The molecule has 0 bridgehead atoms. The van der Waals surface area contributed by atoms with Crippen LogP contribution in [0.5, 0.6) is 0 Å². The van der Waals surface area contributed by atoms with Crippen molar-refractivity contribution in [1.82, 2.24) is 40.4 Å². The number of hydrogen-bond donors (Lipinski definition) is 1. The summed E-state index contributed by atoms with van der Waals surface area (Å²) >= 11 is 0. The minimum atomic E-state index is -0.430. The average Bonchev–Trinajstić information content (AvgIpc) is 3.30. The molecule has 0 amide bonds. The van der Waals surface area contributed by atoms with Crippen LogP contribution in [0.15, 0.2) is 36.4 Å². The van der Waals surface area contributed by atoms with Gasteiger partial charge in [0, 0.05) is 43.0 Å². The molecule has 30 heavy (non-hydrogen) atoms. The molecule has 4 aromatic rings. The molecule has 0 aliphatic rings. The number of hydrogen-bond acceptors (Lipinski definition) is 9. The summed E-state index contributed by atoms with van der Waals surface area (Å²) in [6.07, 6.45) is 0. The third-order valence-corrected chi connectivity index (χ3v) is 4.30. The number of aromatic nitrogens is 8. The zero-order chi connectivity index (χ0) is 21.8. The number of aryl methyl sites for hydroxylation is 4. The number of non-ortho nitro benzene ring substituents is 1. The van der Waals surface area contributed by atoms with Crippen molar-refractivity contribution >= 4 is 11.4 Å². The van der Waals surface area contributed by atoms with Gasteiger partial charge in [0.15, 0.2) is 11.6 Å². The average molecular weight is 408 g/mol. The molecule has 0 aliphatic heterocycles. The van der Waals surface area contributed by atoms with Gasteiger partial charge in [0.25, 0.3) is 5.69 Å². The maximum Gasteiger partial charge on any atom is 0.270 e. The van der Waals surface area contributed by atoms with Gasteiger partial charge in [-0.2, -0.15) is 0 Å². The minimum absolute atomic E-state index is 0.0398. The molecule has 2 aromatic carbocycles. The largest absolute Gasteiger partial charge is 0.398 e. The van der Waals surface area contributed by atoms with E-state index < -0.39 is 4.92 Å². The first kappa shape index (κ1) is 20.5. The molecule has 2 aromatic heterocycles. The van der Waals surface area contributed by atoms with Gasteiger partial charge >= 0.3 is 0 Å². The van der Waals surface area contributed by atoms with Crippen molar-refractivity contribution in [2.24, 2.45) is 14.1 Å². The molecule has 4 rings (SSSR count). The number of rotatable bonds is 3. The highest BCUT2D eigenvalue weighted by molar-refractivity contribution is 5.74. The van der Waals surface area contributed by atoms with Crippen LogP contribution in [-0.4, -0.2) is 45.3 Å². The van der Waals surface area contributed by atoms with E-state index in [4.69, 9.17) is 5.73 Å². The number of nitro groups is 1. The zero-order valence-electron chi connectivity index (χ0n) is 16.9. The normalized spacial score (nSPS) is 10.4. The van der Waals surface area contributed by atoms with Crippen LogP contribution in [0.25, 0.3) is 22.8 Å². The second kappa shape index (κ2) is 8.43. The van der Waals surface area contributed by atoms with E-state index in [0.29, 0.717) is 22.9 Å². The molecule has 12 nitrogen and oxygen atoms in total. The van der Waals surface area contributed by atoms with Crippen LogP contribution in [0.1, 0.15) is 11.1 Å². The highest BCUT2D eigenvalue weighted by Crippen LogP contribution is 2.26. The molecule has 0 saturated heterocycles. The first-order valence-electron chi connectivity index (χ1n) is 8.84. The maximum atomic E-state index is 10.7. The van der Waals surface area contributed by atoms with Crippen LogP contribution in [0.4, 0.5) is 11.4 Å². The Bertz CT molecular complexity index is 1180. The van der Waals surface area contributed by atoms with E-state index in [-0.39, 0.29) is 5.69 Å². The third-order valence-electron chi connectivity index (χ3n) is 4.30. The van der Waals surface area contributed by atoms with E-state index in [9.17, 15) is 10.1 Å². The fourth-order valence-corrected chi connectivity index (χ4v) is 2.91. The van der Waals surface area contributed by atoms with Crippen LogP contribution >= 0.6 is 0 Å². The number of anilines is 1. The highest BCUT2D eigenvalue weighted by Gasteiger charge is 2.13. The van der Waals surface area contributed by atoms with Crippen LogP contribution in [0, 0.1) is 24.0 Å². The van der Waals surface area contributed by atoms with E-state index in [1.54, 1.807) is 31.8 Å². The van der Waals surface area contributed by atoms with Gasteiger partial charge in [-0.15, -0.1) is 10.2 Å². The summed E-state index contributed by atoms with van der Waals surface area (Å²) in [6.45, 7) is 3.78. The Morgan fingerprint density at radius 1 is 0.967 bits per heavy atom. The highest BCUT2D eigenvalue weighted by atomic mass is 16.6. The van der Waals surface area contributed by atoms with Crippen molar-refractivity contribution in [3.8, 4) is 22.8 Å². The minimum Gasteiger partial charge on any atom is -0.398 e. The Morgan fingerprint density at radius 2 is 1.60 bits per heavy atom. The topological polar surface area (TPSA) is 156 Å². The van der Waals surface area contributed by atoms with Crippen molar-refractivity contribution in [2.45, 2.75) is 13.8 Å². The molecular formula is C18H20N10O2. The first-order valence-corrected chi connectivity index (χ1v) is 8.84. The summed E-state index contributed by atoms with van der Waals surface area (Å²) in [5.74, 6) is 1.20. The lowest BCUT2D eigenvalue weighted by molar-refractivity contribution is -0.384. The molecule has 0 atom stereocenters. The van der Waals surface area contributed by atoms with Crippen molar-refractivity contribution in [3.05, 3.63) is 57.6 Å². The lowest BCUT2D eigenvalue weighted by atomic mass is 10.1. The maximum absolute atomic E-state index is 10.7. The fraction of sp³-hybridized carbons (Fsp3) is 0.222. The summed E-state index contributed by atoms with van der Waals surface area (Å²) < 4.78 is 3.08. The molecule has 12 heteroatoms. The predicted molar refractivity (Wildman–Crippen MR) is 109 cm³/mol.